The molecule has 138 valence electrons. The molecule has 2 atom stereocenters. The zero-order valence-electron chi connectivity index (χ0n) is 15.3. The number of hydrogen-bond acceptors (Lipinski definition) is 3. The number of para-hydroxylation sites is 2. The number of nitrogens with zero attached hydrogens (tertiary/aromatic N) is 3. The van der Waals surface area contributed by atoms with Gasteiger partial charge in [-0.25, -0.2) is 4.98 Å². The van der Waals surface area contributed by atoms with Crippen LogP contribution in [0.4, 0.5) is 0 Å². The fraction of sp³-hybridized carbons (Fsp3) is 0.364. The summed E-state index contributed by atoms with van der Waals surface area (Å²) in [6, 6.07) is 15.9. The summed E-state index contributed by atoms with van der Waals surface area (Å²) >= 11 is 0. The van der Waals surface area contributed by atoms with E-state index < -0.39 is 0 Å². The fourth-order valence-electron chi connectivity index (χ4n) is 4.38. The Morgan fingerprint density at radius 2 is 1.93 bits per heavy atom. The van der Waals surface area contributed by atoms with Crippen LogP contribution in [0.5, 0.6) is 0 Å². The highest BCUT2D eigenvalue weighted by atomic mass is 16.5. The third-order valence-corrected chi connectivity index (χ3v) is 5.85. The van der Waals surface area contributed by atoms with E-state index in [2.05, 4.69) is 15.6 Å². The molecule has 1 amide bonds. The van der Waals surface area contributed by atoms with Gasteiger partial charge >= 0.3 is 0 Å². The van der Waals surface area contributed by atoms with Crippen LogP contribution >= 0.6 is 0 Å². The maximum absolute atomic E-state index is 13.0. The number of benzene rings is 2. The predicted octanol–water partition coefficient (Wildman–Crippen LogP) is 3.67. The SMILES string of the molecule is O=C(c1ccc(-n2cnc3ccccc32)cc1)N1CC[C@H]2OCCC[C@@H]2C1. The molecule has 5 heteroatoms. The monoisotopic (exact) mass is 361 g/mol. The van der Waals surface area contributed by atoms with Crippen molar-refractivity contribution < 1.29 is 9.53 Å². The average Bonchev–Trinajstić information content (AvgIpc) is 3.17. The van der Waals surface area contributed by atoms with Gasteiger partial charge < -0.3 is 9.64 Å². The van der Waals surface area contributed by atoms with Crippen molar-refractivity contribution in [3.63, 3.8) is 0 Å². The molecule has 0 N–H and O–H groups in total. The molecule has 2 fully saturated rings. The summed E-state index contributed by atoms with van der Waals surface area (Å²) in [6.07, 6.45) is 5.41. The van der Waals surface area contributed by atoms with Crippen molar-refractivity contribution in [1.29, 1.82) is 0 Å². The Hall–Kier alpha value is -2.66. The van der Waals surface area contributed by atoms with E-state index in [0.717, 1.165) is 54.8 Å². The predicted molar refractivity (Wildman–Crippen MR) is 104 cm³/mol. The van der Waals surface area contributed by atoms with E-state index in [0.29, 0.717) is 12.0 Å². The highest BCUT2D eigenvalue weighted by Crippen LogP contribution is 2.29. The molecule has 0 saturated carbocycles. The van der Waals surface area contributed by atoms with Gasteiger partial charge in [0.15, 0.2) is 0 Å². The number of aromatic nitrogens is 2. The first-order chi connectivity index (χ1) is 13.3. The summed E-state index contributed by atoms with van der Waals surface area (Å²) in [5.74, 6) is 0.620. The van der Waals surface area contributed by atoms with Gasteiger partial charge in [0.2, 0.25) is 0 Å². The molecule has 0 radical (unpaired) electrons. The number of carbonyl (C=O) groups excluding carboxylic acids is 1. The average molecular weight is 361 g/mol. The van der Waals surface area contributed by atoms with E-state index in [4.69, 9.17) is 4.74 Å². The van der Waals surface area contributed by atoms with Crippen molar-refractivity contribution in [2.45, 2.75) is 25.4 Å². The minimum atomic E-state index is 0.126. The van der Waals surface area contributed by atoms with Crippen molar-refractivity contribution in [3.05, 3.63) is 60.4 Å². The lowest BCUT2D eigenvalue weighted by Gasteiger charge is -2.41. The largest absolute Gasteiger partial charge is 0.378 e. The van der Waals surface area contributed by atoms with Crippen LogP contribution in [0.3, 0.4) is 0 Å². The molecule has 1 aromatic heterocycles. The molecule has 5 nitrogen and oxygen atoms in total. The molecular weight excluding hydrogens is 338 g/mol. The van der Waals surface area contributed by atoms with Gasteiger partial charge in [0.1, 0.15) is 6.33 Å². The van der Waals surface area contributed by atoms with Crippen LogP contribution in [0.25, 0.3) is 16.7 Å². The van der Waals surface area contributed by atoms with Crippen molar-refractivity contribution in [2.24, 2.45) is 5.92 Å². The summed E-state index contributed by atoms with van der Waals surface area (Å²) in [5.41, 5.74) is 3.80. The van der Waals surface area contributed by atoms with Gasteiger partial charge in [-0.2, -0.15) is 0 Å². The van der Waals surface area contributed by atoms with Gasteiger partial charge in [0.25, 0.3) is 5.91 Å². The number of piperidine rings is 1. The number of amides is 1. The number of rotatable bonds is 2. The van der Waals surface area contributed by atoms with Gasteiger partial charge in [-0.05, 0) is 55.7 Å². The van der Waals surface area contributed by atoms with E-state index in [9.17, 15) is 4.79 Å². The molecule has 0 unspecified atom stereocenters. The second-order valence-corrected chi connectivity index (χ2v) is 7.50. The van der Waals surface area contributed by atoms with Gasteiger partial charge in [0.05, 0.1) is 17.1 Å². The number of carbonyl (C=O) groups is 1. The molecule has 2 aromatic carbocycles. The molecule has 2 saturated heterocycles. The van der Waals surface area contributed by atoms with Gasteiger partial charge in [0, 0.05) is 36.9 Å². The van der Waals surface area contributed by atoms with E-state index in [1.807, 2.05) is 53.7 Å². The Kier molecular flexibility index (Phi) is 4.17. The first kappa shape index (κ1) is 16.5. The quantitative estimate of drug-likeness (QED) is 0.700. The second kappa shape index (κ2) is 6.82. The van der Waals surface area contributed by atoms with Crippen LogP contribution in [-0.2, 0) is 4.74 Å². The van der Waals surface area contributed by atoms with E-state index in [1.165, 1.54) is 6.42 Å². The number of likely N-dealkylation sites (tertiary alicyclic amines) is 1. The van der Waals surface area contributed by atoms with Crippen molar-refractivity contribution in [3.8, 4) is 5.69 Å². The fourth-order valence-corrected chi connectivity index (χ4v) is 4.38. The molecule has 0 bridgehead atoms. The smallest absolute Gasteiger partial charge is 0.253 e. The Balaban J connectivity index is 1.35. The summed E-state index contributed by atoms with van der Waals surface area (Å²) in [7, 11) is 0. The van der Waals surface area contributed by atoms with Crippen molar-refractivity contribution in [2.75, 3.05) is 19.7 Å². The minimum Gasteiger partial charge on any atom is -0.378 e. The van der Waals surface area contributed by atoms with Crippen molar-refractivity contribution >= 4 is 16.9 Å². The first-order valence-electron chi connectivity index (χ1n) is 9.73. The molecule has 27 heavy (non-hydrogen) atoms. The zero-order valence-corrected chi connectivity index (χ0v) is 15.3. The Morgan fingerprint density at radius 3 is 2.81 bits per heavy atom. The van der Waals surface area contributed by atoms with Crippen LogP contribution in [0, 0.1) is 5.92 Å². The summed E-state index contributed by atoms with van der Waals surface area (Å²) in [4.78, 5) is 19.4. The number of fused-ring (bicyclic) bond motifs is 2. The standard InChI is InChI=1S/C22H23N3O2/c26-22(24-12-11-21-17(14-24)4-3-13-27-21)16-7-9-18(10-8-16)25-15-23-19-5-1-2-6-20(19)25/h1-2,5-10,15,17,21H,3-4,11-14H2/t17-,21-/m1/s1. The molecule has 0 aliphatic carbocycles. The van der Waals surface area contributed by atoms with Crippen molar-refractivity contribution in [1.82, 2.24) is 14.5 Å². The first-order valence-corrected chi connectivity index (χ1v) is 9.73. The Morgan fingerprint density at radius 1 is 1.07 bits per heavy atom. The van der Waals surface area contributed by atoms with Crippen LogP contribution in [0.15, 0.2) is 54.9 Å². The van der Waals surface area contributed by atoms with Crippen LogP contribution < -0.4 is 0 Å². The lowest BCUT2D eigenvalue weighted by atomic mass is 9.88. The summed E-state index contributed by atoms with van der Waals surface area (Å²) in [5, 5.41) is 0. The lowest BCUT2D eigenvalue weighted by Crippen LogP contribution is -2.48. The molecule has 2 aliphatic rings. The molecule has 3 aromatic rings. The molecule has 2 aliphatic heterocycles. The summed E-state index contributed by atoms with van der Waals surface area (Å²) in [6.45, 7) is 2.48. The Bertz CT molecular complexity index is 963. The number of hydrogen-bond donors (Lipinski definition) is 0. The maximum Gasteiger partial charge on any atom is 0.253 e. The van der Waals surface area contributed by atoms with Crippen LogP contribution in [0.1, 0.15) is 29.6 Å². The topological polar surface area (TPSA) is 47.4 Å². The molecular formula is C22H23N3O2. The molecule has 3 heterocycles. The Labute approximate surface area is 158 Å². The molecule has 5 rings (SSSR count). The van der Waals surface area contributed by atoms with Crippen LogP contribution in [0.2, 0.25) is 0 Å². The van der Waals surface area contributed by atoms with E-state index in [1.54, 1.807) is 0 Å². The minimum absolute atomic E-state index is 0.126. The zero-order chi connectivity index (χ0) is 18.2. The third kappa shape index (κ3) is 3.02. The van der Waals surface area contributed by atoms with Gasteiger partial charge in [-0.15, -0.1) is 0 Å². The van der Waals surface area contributed by atoms with E-state index in [-0.39, 0.29) is 5.91 Å². The van der Waals surface area contributed by atoms with Crippen LogP contribution in [-0.4, -0.2) is 46.2 Å². The lowest BCUT2D eigenvalue weighted by molar-refractivity contribution is -0.0606. The van der Waals surface area contributed by atoms with Gasteiger partial charge in [-0.3, -0.25) is 9.36 Å². The maximum atomic E-state index is 13.0. The highest BCUT2D eigenvalue weighted by molar-refractivity contribution is 5.94. The number of ether oxygens (including phenoxy) is 1. The van der Waals surface area contributed by atoms with E-state index >= 15 is 0 Å². The third-order valence-electron chi connectivity index (χ3n) is 5.85. The normalized spacial score (nSPS) is 22.6. The number of imidazole rings is 1. The summed E-state index contributed by atoms with van der Waals surface area (Å²) < 4.78 is 7.91. The molecule has 0 spiro atoms. The van der Waals surface area contributed by atoms with Gasteiger partial charge in [-0.1, -0.05) is 12.1 Å². The second-order valence-electron chi connectivity index (χ2n) is 7.50. The highest BCUT2D eigenvalue weighted by Gasteiger charge is 2.34.